The van der Waals surface area contributed by atoms with Gasteiger partial charge >= 0.3 is 0 Å². The van der Waals surface area contributed by atoms with Crippen LogP contribution in [-0.2, 0) is 13.0 Å². The monoisotopic (exact) mass is 384 g/mol. The Labute approximate surface area is 172 Å². The molecule has 2 nitrogen and oxygen atoms in total. The summed E-state index contributed by atoms with van der Waals surface area (Å²) in [6.45, 7) is 0.855. The van der Waals surface area contributed by atoms with Crippen molar-refractivity contribution in [2.24, 2.45) is 0 Å². The number of ether oxygens (including phenoxy) is 1. The first kappa shape index (κ1) is 19.5. The van der Waals surface area contributed by atoms with E-state index in [-0.39, 0.29) is 0 Å². The summed E-state index contributed by atoms with van der Waals surface area (Å²) in [7, 11) is 0. The summed E-state index contributed by atoms with van der Waals surface area (Å²) in [5.74, 6) is 0.926. The summed E-state index contributed by atoms with van der Waals surface area (Å²) in [4.78, 5) is 0. The summed E-state index contributed by atoms with van der Waals surface area (Å²) < 4.78 is 6.26. The summed E-state index contributed by atoms with van der Waals surface area (Å²) in [6.07, 6.45) is 5.37. The molecule has 29 heavy (non-hydrogen) atoms. The molecule has 0 saturated heterocycles. The van der Waals surface area contributed by atoms with Crippen molar-refractivity contribution in [2.75, 3.05) is 6.61 Å². The van der Waals surface area contributed by atoms with Crippen LogP contribution in [0.3, 0.4) is 0 Å². The molecular formula is C27H28O2. The molecule has 0 aromatic heterocycles. The first-order valence-electron chi connectivity index (χ1n) is 10.6. The lowest BCUT2D eigenvalue weighted by Gasteiger charge is -2.13. The van der Waals surface area contributed by atoms with Gasteiger partial charge in [-0.05, 0) is 64.6 Å². The zero-order valence-corrected chi connectivity index (χ0v) is 16.8. The third-order valence-corrected chi connectivity index (χ3v) is 5.54. The van der Waals surface area contributed by atoms with E-state index in [0.29, 0.717) is 13.2 Å². The third kappa shape index (κ3) is 4.78. The number of aliphatic hydroxyl groups is 1. The van der Waals surface area contributed by atoms with Gasteiger partial charge in [0.2, 0.25) is 0 Å². The van der Waals surface area contributed by atoms with Gasteiger partial charge in [-0.3, -0.25) is 0 Å². The van der Waals surface area contributed by atoms with Crippen molar-refractivity contribution >= 4 is 21.5 Å². The molecule has 0 aliphatic rings. The summed E-state index contributed by atoms with van der Waals surface area (Å²) in [5.41, 5.74) is 2.56. The molecule has 0 saturated carbocycles. The number of hydrogen-bond donors (Lipinski definition) is 1. The Morgan fingerprint density at radius 2 is 1.34 bits per heavy atom. The summed E-state index contributed by atoms with van der Waals surface area (Å²) in [6, 6.07) is 27.8. The van der Waals surface area contributed by atoms with Crippen LogP contribution in [0, 0.1) is 0 Å². The minimum Gasteiger partial charge on any atom is -0.489 e. The van der Waals surface area contributed by atoms with Crippen molar-refractivity contribution in [1.82, 2.24) is 0 Å². The number of unbranched alkanes of at least 4 members (excludes halogenated alkanes) is 3. The van der Waals surface area contributed by atoms with Crippen LogP contribution in [0.25, 0.3) is 21.5 Å². The summed E-state index contributed by atoms with van der Waals surface area (Å²) >= 11 is 0. The lowest BCUT2D eigenvalue weighted by Crippen LogP contribution is -1.99. The smallest absolute Gasteiger partial charge is 0.120 e. The number of aryl methyl sites for hydroxylation is 1. The van der Waals surface area contributed by atoms with Crippen molar-refractivity contribution in [3.05, 3.63) is 90.0 Å². The fourth-order valence-corrected chi connectivity index (χ4v) is 4.00. The molecule has 0 unspecified atom stereocenters. The Balaban J connectivity index is 1.51. The normalized spacial score (nSPS) is 11.2. The Morgan fingerprint density at radius 1 is 0.655 bits per heavy atom. The van der Waals surface area contributed by atoms with E-state index in [1.54, 1.807) is 0 Å². The fourth-order valence-electron chi connectivity index (χ4n) is 4.00. The van der Waals surface area contributed by atoms with Crippen LogP contribution in [-0.4, -0.2) is 11.7 Å². The van der Waals surface area contributed by atoms with Gasteiger partial charge in [-0.2, -0.15) is 0 Å². The van der Waals surface area contributed by atoms with Gasteiger partial charge in [0.15, 0.2) is 0 Å². The van der Waals surface area contributed by atoms with E-state index < -0.39 is 0 Å². The van der Waals surface area contributed by atoms with E-state index >= 15 is 0 Å². The average molecular weight is 385 g/mol. The van der Waals surface area contributed by atoms with Crippen LogP contribution >= 0.6 is 0 Å². The minimum atomic E-state index is 0.298. The maximum Gasteiger partial charge on any atom is 0.120 e. The topological polar surface area (TPSA) is 29.5 Å². The Hall–Kier alpha value is -2.84. The van der Waals surface area contributed by atoms with E-state index in [1.807, 2.05) is 6.07 Å². The van der Waals surface area contributed by atoms with Gasteiger partial charge in [-0.1, -0.05) is 73.5 Å². The Kier molecular flexibility index (Phi) is 6.43. The SMILES string of the molecule is OCCCCCCc1cccc(OCc2c3ccccc3cc3ccccc23)c1. The highest BCUT2D eigenvalue weighted by atomic mass is 16.5. The quantitative estimate of drug-likeness (QED) is 0.258. The maximum atomic E-state index is 8.89. The highest BCUT2D eigenvalue weighted by molar-refractivity contribution is 6.02. The maximum absolute atomic E-state index is 8.89. The molecule has 0 amide bonds. The highest BCUT2D eigenvalue weighted by Crippen LogP contribution is 2.29. The molecule has 0 radical (unpaired) electrons. The van der Waals surface area contributed by atoms with Crippen LogP contribution < -0.4 is 4.74 Å². The number of benzene rings is 4. The Morgan fingerprint density at radius 3 is 2.07 bits per heavy atom. The first-order chi connectivity index (χ1) is 14.3. The largest absolute Gasteiger partial charge is 0.489 e. The minimum absolute atomic E-state index is 0.298. The predicted octanol–water partition coefficient (Wildman–Crippen LogP) is 6.67. The highest BCUT2D eigenvalue weighted by Gasteiger charge is 2.08. The molecule has 0 aliphatic heterocycles. The molecule has 1 N–H and O–H groups in total. The van der Waals surface area contributed by atoms with Crippen molar-refractivity contribution in [3.63, 3.8) is 0 Å². The lowest BCUT2D eigenvalue weighted by molar-refractivity contribution is 0.282. The van der Waals surface area contributed by atoms with Crippen LogP contribution in [0.15, 0.2) is 78.9 Å². The first-order valence-corrected chi connectivity index (χ1v) is 10.6. The zero-order valence-electron chi connectivity index (χ0n) is 16.8. The average Bonchev–Trinajstić information content (AvgIpc) is 2.77. The molecule has 0 fully saturated rings. The van der Waals surface area contributed by atoms with Gasteiger partial charge < -0.3 is 9.84 Å². The number of hydrogen-bond acceptors (Lipinski definition) is 2. The summed E-state index contributed by atoms with van der Waals surface area (Å²) in [5, 5.41) is 13.9. The second-order valence-corrected chi connectivity index (χ2v) is 7.62. The molecule has 0 atom stereocenters. The number of rotatable bonds is 9. The standard InChI is InChI=1S/C27H28O2/c28-17-8-2-1-3-10-21-11-9-14-24(18-21)29-20-27-25-15-6-4-12-22(25)19-23-13-5-7-16-26(23)27/h4-7,9,11-16,18-19,28H,1-3,8,10,17,20H2. The molecule has 148 valence electrons. The van der Waals surface area contributed by atoms with Crippen LogP contribution in [0.4, 0.5) is 0 Å². The Bertz CT molecular complexity index is 1030. The second kappa shape index (κ2) is 9.58. The third-order valence-electron chi connectivity index (χ3n) is 5.54. The molecule has 0 aliphatic carbocycles. The van der Waals surface area contributed by atoms with Crippen LogP contribution in [0.1, 0.15) is 36.8 Å². The van der Waals surface area contributed by atoms with Gasteiger partial charge in [0, 0.05) is 12.2 Å². The van der Waals surface area contributed by atoms with E-state index in [2.05, 4.69) is 72.8 Å². The van der Waals surface area contributed by atoms with E-state index in [9.17, 15) is 0 Å². The van der Waals surface area contributed by atoms with Crippen molar-refractivity contribution in [2.45, 2.75) is 38.7 Å². The molecule has 4 aromatic rings. The molecule has 0 bridgehead atoms. The molecule has 0 spiro atoms. The van der Waals surface area contributed by atoms with Gasteiger partial charge in [-0.25, -0.2) is 0 Å². The zero-order chi connectivity index (χ0) is 19.9. The molecule has 4 aromatic carbocycles. The number of fused-ring (bicyclic) bond motifs is 2. The van der Waals surface area contributed by atoms with Crippen LogP contribution in [0.5, 0.6) is 5.75 Å². The van der Waals surface area contributed by atoms with Gasteiger partial charge in [0.1, 0.15) is 12.4 Å². The second-order valence-electron chi connectivity index (χ2n) is 7.62. The number of aliphatic hydroxyl groups excluding tert-OH is 1. The van der Waals surface area contributed by atoms with E-state index in [0.717, 1.165) is 37.9 Å². The molecule has 4 rings (SSSR count). The predicted molar refractivity (Wildman–Crippen MR) is 121 cm³/mol. The van der Waals surface area contributed by atoms with E-state index in [1.165, 1.54) is 32.7 Å². The van der Waals surface area contributed by atoms with E-state index in [4.69, 9.17) is 9.84 Å². The molecular weight excluding hydrogens is 356 g/mol. The van der Waals surface area contributed by atoms with Crippen molar-refractivity contribution in [3.8, 4) is 5.75 Å². The van der Waals surface area contributed by atoms with Gasteiger partial charge in [0.05, 0.1) is 0 Å². The molecule has 2 heteroatoms. The van der Waals surface area contributed by atoms with Crippen molar-refractivity contribution in [1.29, 1.82) is 0 Å². The van der Waals surface area contributed by atoms with Crippen molar-refractivity contribution < 1.29 is 9.84 Å². The van der Waals surface area contributed by atoms with Gasteiger partial charge in [-0.15, -0.1) is 0 Å². The van der Waals surface area contributed by atoms with Crippen LogP contribution in [0.2, 0.25) is 0 Å². The molecule has 0 heterocycles. The van der Waals surface area contributed by atoms with Gasteiger partial charge in [0.25, 0.3) is 0 Å². The lowest BCUT2D eigenvalue weighted by atomic mass is 9.97. The fraction of sp³-hybridized carbons (Fsp3) is 0.259.